The Bertz CT molecular complexity index is 193. The Kier molecular flexibility index (Phi) is 1.19. The first kappa shape index (κ1) is 6.14. The predicted octanol–water partition coefficient (Wildman–Crippen LogP) is 1.79. The highest BCUT2D eigenvalue weighted by molar-refractivity contribution is 5.94. The van der Waals surface area contributed by atoms with Crippen LogP contribution in [0.2, 0.25) is 0 Å². The first-order valence-electron chi connectivity index (χ1n) is 4.01. The zero-order valence-electron chi connectivity index (χ0n) is 6.21. The number of ketones is 1. The van der Waals surface area contributed by atoms with Gasteiger partial charge in [0.05, 0.1) is 0 Å². The second-order valence-electron chi connectivity index (χ2n) is 3.50. The van der Waals surface area contributed by atoms with Crippen molar-refractivity contribution in [1.82, 2.24) is 0 Å². The lowest BCUT2D eigenvalue weighted by Gasteiger charge is -2.09. The summed E-state index contributed by atoms with van der Waals surface area (Å²) in [7, 11) is 0. The second-order valence-corrected chi connectivity index (χ2v) is 3.50. The molecule has 0 N–H and O–H groups in total. The van der Waals surface area contributed by atoms with Crippen LogP contribution in [0.3, 0.4) is 0 Å². The number of rotatable bonds is 0. The maximum Gasteiger partial charge on any atom is 0.159 e. The Hall–Kier alpha value is -0.590. The minimum absolute atomic E-state index is 0.370. The van der Waals surface area contributed by atoms with Crippen LogP contribution in [-0.2, 0) is 4.79 Å². The normalized spacial score (nSPS) is 44.5. The van der Waals surface area contributed by atoms with Crippen molar-refractivity contribution in [3.05, 3.63) is 12.2 Å². The molecule has 2 aliphatic rings. The summed E-state index contributed by atoms with van der Waals surface area (Å²) in [6.45, 7) is 2.24. The van der Waals surface area contributed by atoms with E-state index in [0.29, 0.717) is 17.6 Å². The molecule has 0 aromatic heterocycles. The third-order valence-electron chi connectivity index (χ3n) is 2.90. The SMILES string of the molecule is C[C@H]1CC[C@H]2C(=O)C=C[C@@H]12. The van der Waals surface area contributed by atoms with Crippen LogP contribution in [0.4, 0.5) is 0 Å². The Morgan fingerprint density at radius 3 is 3.00 bits per heavy atom. The summed E-state index contributed by atoms with van der Waals surface area (Å²) in [5, 5.41) is 0. The van der Waals surface area contributed by atoms with Crippen LogP contribution in [0.25, 0.3) is 0 Å². The topological polar surface area (TPSA) is 17.1 Å². The van der Waals surface area contributed by atoms with Gasteiger partial charge in [-0.15, -0.1) is 0 Å². The van der Waals surface area contributed by atoms with E-state index < -0.39 is 0 Å². The van der Waals surface area contributed by atoms with Crippen molar-refractivity contribution in [2.24, 2.45) is 17.8 Å². The largest absolute Gasteiger partial charge is 0.295 e. The van der Waals surface area contributed by atoms with Crippen molar-refractivity contribution in [3.8, 4) is 0 Å². The lowest BCUT2D eigenvalue weighted by molar-refractivity contribution is -0.117. The van der Waals surface area contributed by atoms with Crippen LogP contribution in [0.5, 0.6) is 0 Å². The first-order valence-corrected chi connectivity index (χ1v) is 4.01. The standard InChI is InChI=1S/C9H12O/c1-6-2-3-8-7(6)4-5-9(8)10/h4-8H,2-3H2,1H3/t6-,7-,8+/m0/s1. The molecule has 0 unspecified atom stereocenters. The summed E-state index contributed by atoms with van der Waals surface area (Å²) < 4.78 is 0. The fourth-order valence-electron chi connectivity index (χ4n) is 2.21. The minimum atomic E-state index is 0.370. The van der Waals surface area contributed by atoms with Crippen molar-refractivity contribution >= 4 is 5.78 Å². The molecule has 1 heteroatoms. The van der Waals surface area contributed by atoms with Gasteiger partial charge in [0.2, 0.25) is 0 Å². The quantitative estimate of drug-likeness (QED) is 0.496. The predicted molar refractivity (Wildman–Crippen MR) is 39.5 cm³/mol. The molecule has 0 aromatic rings. The summed E-state index contributed by atoms with van der Waals surface area (Å²) in [4.78, 5) is 11.1. The van der Waals surface area contributed by atoms with E-state index >= 15 is 0 Å². The van der Waals surface area contributed by atoms with Crippen LogP contribution in [0.15, 0.2) is 12.2 Å². The lowest BCUT2D eigenvalue weighted by Crippen LogP contribution is -2.11. The summed E-state index contributed by atoms with van der Waals surface area (Å²) in [6.07, 6.45) is 6.23. The smallest absolute Gasteiger partial charge is 0.159 e. The van der Waals surface area contributed by atoms with Gasteiger partial charge < -0.3 is 0 Å². The molecule has 1 nitrogen and oxygen atoms in total. The van der Waals surface area contributed by atoms with Crippen molar-refractivity contribution in [2.75, 3.05) is 0 Å². The number of carbonyl (C=O) groups excluding carboxylic acids is 1. The molecule has 0 heterocycles. The van der Waals surface area contributed by atoms with E-state index in [1.165, 1.54) is 6.42 Å². The number of allylic oxidation sites excluding steroid dienone is 2. The van der Waals surface area contributed by atoms with E-state index in [-0.39, 0.29) is 0 Å². The van der Waals surface area contributed by atoms with Gasteiger partial charge in [-0.1, -0.05) is 13.0 Å². The molecular weight excluding hydrogens is 124 g/mol. The Labute approximate surface area is 61.1 Å². The third kappa shape index (κ3) is 0.664. The molecule has 0 spiro atoms. The van der Waals surface area contributed by atoms with Gasteiger partial charge in [-0.2, -0.15) is 0 Å². The van der Waals surface area contributed by atoms with Crippen LogP contribution in [0.1, 0.15) is 19.8 Å². The molecule has 0 aromatic carbocycles. The van der Waals surface area contributed by atoms with E-state index in [1.54, 1.807) is 6.08 Å². The molecule has 1 saturated carbocycles. The molecule has 10 heavy (non-hydrogen) atoms. The molecule has 0 bridgehead atoms. The molecular formula is C9H12O. The molecule has 54 valence electrons. The van der Waals surface area contributed by atoms with Crippen molar-refractivity contribution in [1.29, 1.82) is 0 Å². The Morgan fingerprint density at radius 2 is 2.30 bits per heavy atom. The molecule has 0 radical (unpaired) electrons. The summed E-state index contributed by atoms with van der Waals surface area (Å²) in [5.74, 6) is 2.07. The summed E-state index contributed by atoms with van der Waals surface area (Å²) in [6, 6.07) is 0. The van der Waals surface area contributed by atoms with Crippen molar-refractivity contribution < 1.29 is 4.79 Å². The van der Waals surface area contributed by atoms with Crippen LogP contribution in [0, 0.1) is 17.8 Å². The van der Waals surface area contributed by atoms with Gasteiger partial charge in [-0.25, -0.2) is 0 Å². The van der Waals surface area contributed by atoms with Gasteiger partial charge in [0, 0.05) is 5.92 Å². The molecule has 0 saturated heterocycles. The number of hydrogen-bond acceptors (Lipinski definition) is 1. The Morgan fingerprint density at radius 1 is 1.50 bits per heavy atom. The average molecular weight is 136 g/mol. The molecule has 1 fully saturated rings. The maximum absolute atomic E-state index is 11.1. The van der Waals surface area contributed by atoms with E-state index in [1.807, 2.05) is 0 Å². The fraction of sp³-hybridized carbons (Fsp3) is 0.667. The van der Waals surface area contributed by atoms with Crippen molar-refractivity contribution in [3.63, 3.8) is 0 Å². The second kappa shape index (κ2) is 1.94. The highest BCUT2D eigenvalue weighted by Crippen LogP contribution is 2.41. The van der Waals surface area contributed by atoms with Gasteiger partial charge in [-0.05, 0) is 30.8 Å². The summed E-state index contributed by atoms with van der Waals surface area (Å²) >= 11 is 0. The van der Waals surface area contributed by atoms with Crippen LogP contribution < -0.4 is 0 Å². The van der Waals surface area contributed by atoms with Crippen LogP contribution in [-0.4, -0.2) is 5.78 Å². The molecule has 0 amide bonds. The van der Waals surface area contributed by atoms with E-state index in [9.17, 15) is 4.79 Å². The van der Waals surface area contributed by atoms with E-state index in [2.05, 4.69) is 13.0 Å². The van der Waals surface area contributed by atoms with Gasteiger partial charge in [0.25, 0.3) is 0 Å². The highest BCUT2D eigenvalue weighted by Gasteiger charge is 2.38. The molecule has 2 aliphatic carbocycles. The highest BCUT2D eigenvalue weighted by atomic mass is 16.1. The Balaban J connectivity index is 2.24. The van der Waals surface area contributed by atoms with Gasteiger partial charge in [0.15, 0.2) is 5.78 Å². The number of fused-ring (bicyclic) bond motifs is 1. The first-order chi connectivity index (χ1) is 4.79. The van der Waals surface area contributed by atoms with E-state index in [4.69, 9.17) is 0 Å². The number of hydrogen-bond donors (Lipinski definition) is 0. The number of carbonyl (C=O) groups is 1. The van der Waals surface area contributed by atoms with Gasteiger partial charge >= 0.3 is 0 Å². The summed E-state index contributed by atoms with van der Waals surface area (Å²) in [5.41, 5.74) is 0. The van der Waals surface area contributed by atoms with Gasteiger partial charge in [-0.3, -0.25) is 4.79 Å². The minimum Gasteiger partial charge on any atom is -0.295 e. The average Bonchev–Trinajstić information content (AvgIpc) is 2.41. The zero-order valence-corrected chi connectivity index (χ0v) is 6.21. The van der Waals surface area contributed by atoms with Crippen molar-refractivity contribution in [2.45, 2.75) is 19.8 Å². The van der Waals surface area contributed by atoms with Gasteiger partial charge in [0.1, 0.15) is 0 Å². The molecule has 2 rings (SSSR count). The van der Waals surface area contributed by atoms with E-state index in [0.717, 1.165) is 12.3 Å². The maximum atomic E-state index is 11.1. The molecule has 3 atom stereocenters. The molecule has 0 aliphatic heterocycles. The lowest BCUT2D eigenvalue weighted by atomic mass is 9.94. The zero-order chi connectivity index (χ0) is 7.14. The monoisotopic (exact) mass is 136 g/mol. The third-order valence-corrected chi connectivity index (χ3v) is 2.90. The van der Waals surface area contributed by atoms with Crippen LogP contribution >= 0.6 is 0 Å². The fourth-order valence-corrected chi connectivity index (χ4v) is 2.21.